The summed E-state index contributed by atoms with van der Waals surface area (Å²) < 4.78 is 40.3. The Morgan fingerprint density at radius 2 is 1.68 bits per heavy atom. The summed E-state index contributed by atoms with van der Waals surface area (Å²) in [5, 5.41) is 11.8. The molecule has 1 fully saturated rings. The first-order valence-electron chi connectivity index (χ1n) is 12.5. The zero-order chi connectivity index (χ0) is 27.3. The number of piperazine rings is 1. The fourth-order valence-corrected chi connectivity index (χ4v) is 5.70. The van der Waals surface area contributed by atoms with Crippen molar-refractivity contribution in [3.05, 3.63) is 48.0 Å². The van der Waals surface area contributed by atoms with E-state index in [0.29, 0.717) is 25.3 Å². The van der Waals surface area contributed by atoms with Gasteiger partial charge in [-0.15, -0.1) is 0 Å². The van der Waals surface area contributed by atoms with E-state index in [1.807, 2.05) is 34.1 Å². The van der Waals surface area contributed by atoms with Crippen LogP contribution in [0, 0.1) is 5.92 Å². The predicted molar refractivity (Wildman–Crippen MR) is 139 cm³/mol. The third-order valence-electron chi connectivity index (χ3n) is 6.81. The SMILES string of the molecule is NC(=O)[C@H](CO)CNC(=O)CN1CCN(CCCN2c3ccccc3Sc3ccc(C(F)(F)F)cc32)CC1. The molecule has 4 rings (SSSR count). The van der Waals surface area contributed by atoms with Crippen molar-refractivity contribution in [2.75, 3.05) is 63.9 Å². The molecule has 1 atom stereocenters. The first-order valence-corrected chi connectivity index (χ1v) is 13.3. The number of anilines is 2. The van der Waals surface area contributed by atoms with Gasteiger partial charge in [0, 0.05) is 49.1 Å². The minimum absolute atomic E-state index is 0.0103. The number of carbonyl (C=O) groups is 2. The molecule has 38 heavy (non-hydrogen) atoms. The molecule has 0 unspecified atom stereocenters. The average Bonchev–Trinajstić information content (AvgIpc) is 2.88. The van der Waals surface area contributed by atoms with E-state index in [1.165, 1.54) is 17.8 Å². The second kappa shape index (κ2) is 12.4. The number of para-hydroxylation sites is 1. The van der Waals surface area contributed by atoms with Crippen LogP contribution in [-0.4, -0.2) is 85.7 Å². The number of hydrogen-bond donors (Lipinski definition) is 3. The van der Waals surface area contributed by atoms with Gasteiger partial charge >= 0.3 is 6.18 Å². The molecular weight excluding hydrogens is 519 g/mol. The molecule has 2 heterocycles. The Balaban J connectivity index is 1.29. The molecule has 1 saturated heterocycles. The van der Waals surface area contributed by atoms with Gasteiger partial charge in [-0.1, -0.05) is 23.9 Å². The third kappa shape index (κ3) is 6.99. The van der Waals surface area contributed by atoms with Crippen molar-refractivity contribution in [3.63, 3.8) is 0 Å². The van der Waals surface area contributed by atoms with Crippen LogP contribution < -0.4 is 16.0 Å². The molecule has 0 aliphatic carbocycles. The summed E-state index contributed by atoms with van der Waals surface area (Å²) >= 11 is 1.49. The van der Waals surface area contributed by atoms with Crippen molar-refractivity contribution in [1.82, 2.24) is 15.1 Å². The van der Waals surface area contributed by atoms with Crippen molar-refractivity contribution < 1.29 is 27.9 Å². The number of halogens is 3. The number of nitrogens with two attached hydrogens (primary N) is 1. The molecule has 12 heteroatoms. The largest absolute Gasteiger partial charge is 0.416 e. The van der Waals surface area contributed by atoms with Crippen LogP contribution in [0.5, 0.6) is 0 Å². The van der Waals surface area contributed by atoms with Crippen LogP contribution in [0.15, 0.2) is 52.3 Å². The number of fused-ring (bicyclic) bond motifs is 2. The summed E-state index contributed by atoms with van der Waals surface area (Å²) in [5.74, 6) is -1.68. The lowest BCUT2D eigenvalue weighted by atomic mass is 10.1. The normalized spacial score (nSPS) is 17.0. The lowest BCUT2D eigenvalue weighted by Gasteiger charge is -2.36. The molecule has 206 valence electrons. The van der Waals surface area contributed by atoms with Crippen LogP contribution in [0.25, 0.3) is 0 Å². The van der Waals surface area contributed by atoms with Crippen LogP contribution in [0.2, 0.25) is 0 Å². The van der Waals surface area contributed by atoms with E-state index in [9.17, 15) is 22.8 Å². The summed E-state index contributed by atoms with van der Waals surface area (Å²) in [7, 11) is 0. The number of amides is 2. The molecule has 8 nitrogen and oxygen atoms in total. The van der Waals surface area contributed by atoms with E-state index in [1.54, 1.807) is 6.07 Å². The summed E-state index contributed by atoms with van der Waals surface area (Å²) in [6, 6.07) is 11.7. The Morgan fingerprint density at radius 3 is 2.37 bits per heavy atom. The number of carbonyl (C=O) groups excluding carboxylic acids is 2. The van der Waals surface area contributed by atoms with Crippen molar-refractivity contribution in [2.45, 2.75) is 22.4 Å². The lowest BCUT2D eigenvalue weighted by molar-refractivity contribution is -0.137. The first kappa shape index (κ1) is 28.2. The van der Waals surface area contributed by atoms with Crippen LogP contribution >= 0.6 is 11.8 Å². The number of aliphatic hydroxyl groups excluding tert-OH is 1. The van der Waals surface area contributed by atoms with Crippen molar-refractivity contribution in [1.29, 1.82) is 0 Å². The monoisotopic (exact) mass is 551 g/mol. The molecular formula is C26H32F3N5O3S. The van der Waals surface area contributed by atoms with Gasteiger partial charge in [-0.2, -0.15) is 13.2 Å². The molecule has 0 saturated carbocycles. The van der Waals surface area contributed by atoms with Gasteiger partial charge in [-0.05, 0) is 43.3 Å². The Kier molecular flexibility index (Phi) is 9.19. The minimum Gasteiger partial charge on any atom is -0.395 e. The van der Waals surface area contributed by atoms with E-state index < -0.39 is 30.2 Å². The van der Waals surface area contributed by atoms with E-state index in [4.69, 9.17) is 10.8 Å². The third-order valence-corrected chi connectivity index (χ3v) is 7.94. The first-order chi connectivity index (χ1) is 18.2. The molecule has 0 aromatic heterocycles. The number of nitrogens with one attached hydrogen (secondary N) is 1. The lowest BCUT2D eigenvalue weighted by Crippen LogP contribution is -2.50. The second-order valence-corrected chi connectivity index (χ2v) is 10.5. The Bertz CT molecular complexity index is 1140. The maximum atomic E-state index is 13.4. The van der Waals surface area contributed by atoms with Crippen molar-refractivity contribution >= 4 is 35.0 Å². The molecule has 2 aliphatic heterocycles. The van der Waals surface area contributed by atoms with Crippen molar-refractivity contribution in [2.24, 2.45) is 11.7 Å². The summed E-state index contributed by atoms with van der Waals surface area (Å²) in [5.41, 5.74) is 6.03. The van der Waals surface area contributed by atoms with Gasteiger partial charge in [0.15, 0.2) is 0 Å². The number of aliphatic hydroxyl groups is 1. The Morgan fingerprint density at radius 1 is 1.00 bits per heavy atom. The number of hydrogen-bond acceptors (Lipinski definition) is 7. The van der Waals surface area contributed by atoms with E-state index in [-0.39, 0.29) is 19.0 Å². The molecule has 2 amide bonds. The van der Waals surface area contributed by atoms with Gasteiger partial charge in [0.2, 0.25) is 11.8 Å². The van der Waals surface area contributed by atoms with Gasteiger partial charge in [0.05, 0.1) is 36.0 Å². The Hall–Kier alpha value is -2.80. The van der Waals surface area contributed by atoms with E-state index in [2.05, 4.69) is 10.2 Å². The fraction of sp³-hybridized carbons (Fsp3) is 0.462. The fourth-order valence-electron chi connectivity index (χ4n) is 4.62. The number of benzene rings is 2. The number of nitrogens with zero attached hydrogens (tertiary/aromatic N) is 3. The highest BCUT2D eigenvalue weighted by Crippen LogP contribution is 2.49. The maximum absolute atomic E-state index is 13.4. The van der Waals surface area contributed by atoms with Crippen LogP contribution in [-0.2, 0) is 15.8 Å². The van der Waals surface area contributed by atoms with Crippen LogP contribution in [0.4, 0.5) is 24.5 Å². The van der Waals surface area contributed by atoms with Gasteiger partial charge in [0.1, 0.15) is 0 Å². The van der Waals surface area contributed by atoms with Gasteiger partial charge in [-0.3, -0.25) is 14.5 Å². The maximum Gasteiger partial charge on any atom is 0.416 e. The van der Waals surface area contributed by atoms with E-state index in [0.717, 1.165) is 47.6 Å². The Labute approximate surface area is 223 Å². The topological polar surface area (TPSA) is 102 Å². The zero-order valence-electron chi connectivity index (χ0n) is 20.9. The molecule has 0 radical (unpaired) electrons. The quantitative estimate of drug-likeness (QED) is 0.417. The van der Waals surface area contributed by atoms with Gasteiger partial charge in [0.25, 0.3) is 0 Å². The highest BCUT2D eigenvalue weighted by molar-refractivity contribution is 7.99. The molecule has 2 aromatic rings. The van der Waals surface area contributed by atoms with Gasteiger partial charge in [-0.25, -0.2) is 0 Å². The zero-order valence-corrected chi connectivity index (χ0v) is 21.7. The number of rotatable bonds is 10. The molecule has 2 aromatic carbocycles. The predicted octanol–water partition coefficient (Wildman–Crippen LogP) is 2.53. The summed E-state index contributed by atoms with van der Waals surface area (Å²) in [6.45, 7) is 4.12. The standard InChI is InChI=1S/C26H32F3N5O3S/c27-26(28,29)19-6-7-23-21(14-19)34(20-4-1-2-5-22(20)38-23)9-3-8-32-10-12-33(13-11-32)16-24(36)31-15-18(17-35)25(30)37/h1-2,4-7,14,18,35H,3,8-13,15-17H2,(H2,30,37)(H,31,36)/t18-/m0/s1. The summed E-state index contributed by atoms with van der Waals surface area (Å²) in [4.78, 5) is 31.5. The summed E-state index contributed by atoms with van der Waals surface area (Å²) in [6.07, 6.45) is -3.63. The van der Waals surface area contributed by atoms with Gasteiger partial charge < -0.3 is 26.0 Å². The molecule has 2 aliphatic rings. The smallest absolute Gasteiger partial charge is 0.395 e. The van der Waals surface area contributed by atoms with Crippen LogP contribution in [0.1, 0.15) is 12.0 Å². The second-order valence-electron chi connectivity index (χ2n) is 9.46. The van der Waals surface area contributed by atoms with Crippen LogP contribution in [0.3, 0.4) is 0 Å². The number of primary amides is 1. The van der Waals surface area contributed by atoms with Crippen molar-refractivity contribution in [3.8, 4) is 0 Å². The minimum atomic E-state index is -4.40. The van der Waals surface area contributed by atoms with E-state index >= 15 is 0 Å². The average molecular weight is 552 g/mol. The number of alkyl halides is 3. The highest BCUT2D eigenvalue weighted by atomic mass is 32.2. The highest BCUT2D eigenvalue weighted by Gasteiger charge is 2.33. The molecule has 4 N–H and O–H groups in total. The molecule has 0 bridgehead atoms. The molecule has 0 spiro atoms.